The molecule has 1 heteroatoms. The summed E-state index contributed by atoms with van der Waals surface area (Å²) in [6, 6.07) is 0.855. The van der Waals surface area contributed by atoms with E-state index in [4.69, 9.17) is 0 Å². The summed E-state index contributed by atoms with van der Waals surface area (Å²) in [5.41, 5.74) is 0. The van der Waals surface area contributed by atoms with E-state index in [1.165, 1.54) is 70.8 Å². The largest absolute Gasteiger partial charge is 0.314 e. The van der Waals surface area contributed by atoms with E-state index in [0.717, 1.165) is 17.9 Å². The van der Waals surface area contributed by atoms with Crippen LogP contribution in [0.1, 0.15) is 71.1 Å². The van der Waals surface area contributed by atoms with Crippen LogP contribution in [0.5, 0.6) is 0 Å². The van der Waals surface area contributed by atoms with Crippen LogP contribution in [0, 0.1) is 11.8 Å². The first kappa shape index (κ1) is 12.4. The van der Waals surface area contributed by atoms with Crippen molar-refractivity contribution in [1.29, 1.82) is 0 Å². The molecule has 1 nitrogen and oxygen atoms in total. The third-order valence-electron chi connectivity index (χ3n) is 4.85. The summed E-state index contributed by atoms with van der Waals surface area (Å²) in [4.78, 5) is 0. The van der Waals surface area contributed by atoms with Gasteiger partial charge in [-0.1, -0.05) is 45.4 Å². The van der Waals surface area contributed by atoms with Gasteiger partial charge in [0.1, 0.15) is 0 Å². The van der Waals surface area contributed by atoms with Crippen molar-refractivity contribution in [3.63, 3.8) is 0 Å². The smallest absolute Gasteiger partial charge is 0.00952 e. The summed E-state index contributed by atoms with van der Waals surface area (Å²) < 4.78 is 0. The monoisotopic (exact) mass is 223 g/mol. The molecule has 2 aliphatic carbocycles. The van der Waals surface area contributed by atoms with Crippen LogP contribution in [0.4, 0.5) is 0 Å². The van der Waals surface area contributed by atoms with Crippen LogP contribution in [0.25, 0.3) is 0 Å². The molecule has 0 aromatic rings. The number of hydrogen-bond donors (Lipinski definition) is 1. The molecule has 0 radical (unpaired) electrons. The Morgan fingerprint density at radius 2 is 1.81 bits per heavy atom. The van der Waals surface area contributed by atoms with Crippen molar-refractivity contribution in [3.8, 4) is 0 Å². The minimum Gasteiger partial charge on any atom is -0.314 e. The third kappa shape index (κ3) is 3.48. The minimum atomic E-state index is 0.855. The summed E-state index contributed by atoms with van der Waals surface area (Å²) >= 11 is 0. The van der Waals surface area contributed by atoms with Gasteiger partial charge in [-0.2, -0.15) is 0 Å². The number of rotatable bonds is 6. The van der Waals surface area contributed by atoms with Crippen molar-refractivity contribution < 1.29 is 0 Å². The Morgan fingerprint density at radius 1 is 1.00 bits per heavy atom. The zero-order chi connectivity index (χ0) is 11.2. The molecule has 0 heterocycles. The Balaban J connectivity index is 1.53. The molecule has 2 rings (SSSR count). The van der Waals surface area contributed by atoms with Crippen molar-refractivity contribution >= 4 is 0 Å². The molecule has 2 saturated carbocycles. The van der Waals surface area contributed by atoms with Crippen LogP contribution in [0.3, 0.4) is 0 Å². The molecule has 2 fully saturated rings. The molecule has 1 N–H and O–H groups in total. The van der Waals surface area contributed by atoms with Gasteiger partial charge in [0.15, 0.2) is 0 Å². The first-order valence-corrected chi connectivity index (χ1v) is 7.63. The standard InChI is InChI=1S/C15H29N/c1-2-14-10-5-11-15(14)16-12-6-9-13-7-3-4-8-13/h13-16H,2-12H2,1H3. The molecule has 2 aliphatic rings. The van der Waals surface area contributed by atoms with E-state index >= 15 is 0 Å². The van der Waals surface area contributed by atoms with E-state index < -0.39 is 0 Å². The molecular formula is C15H29N. The highest BCUT2D eigenvalue weighted by Crippen LogP contribution is 2.29. The Bertz CT molecular complexity index is 184. The second-order valence-corrected chi connectivity index (χ2v) is 5.95. The molecule has 0 aromatic heterocycles. The average molecular weight is 223 g/mol. The van der Waals surface area contributed by atoms with Crippen LogP contribution in [-0.4, -0.2) is 12.6 Å². The lowest BCUT2D eigenvalue weighted by Crippen LogP contribution is -2.32. The molecular weight excluding hydrogens is 194 g/mol. The summed E-state index contributed by atoms with van der Waals surface area (Å²) in [6.07, 6.45) is 14.7. The maximum Gasteiger partial charge on any atom is 0.00952 e. The van der Waals surface area contributed by atoms with E-state index in [2.05, 4.69) is 12.2 Å². The summed E-state index contributed by atoms with van der Waals surface area (Å²) in [7, 11) is 0. The molecule has 0 bridgehead atoms. The second-order valence-electron chi connectivity index (χ2n) is 5.95. The lowest BCUT2D eigenvalue weighted by molar-refractivity contribution is 0.376. The summed E-state index contributed by atoms with van der Waals surface area (Å²) in [5, 5.41) is 3.81. The molecule has 2 atom stereocenters. The van der Waals surface area contributed by atoms with Gasteiger partial charge in [-0.3, -0.25) is 0 Å². The van der Waals surface area contributed by atoms with Crippen molar-refractivity contribution in [2.75, 3.05) is 6.54 Å². The van der Waals surface area contributed by atoms with Crippen molar-refractivity contribution in [2.45, 2.75) is 77.2 Å². The van der Waals surface area contributed by atoms with Gasteiger partial charge >= 0.3 is 0 Å². The SMILES string of the molecule is CCC1CCCC1NCCCC1CCCC1. The molecule has 94 valence electrons. The lowest BCUT2D eigenvalue weighted by Gasteiger charge is -2.20. The van der Waals surface area contributed by atoms with Gasteiger partial charge in [0.25, 0.3) is 0 Å². The zero-order valence-electron chi connectivity index (χ0n) is 11.0. The van der Waals surface area contributed by atoms with E-state index in [-0.39, 0.29) is 0 Å². The molecule has 0 aliphatic heterocycles. The zero-order valence-corrected chi connectivity index (χ0v) is 11.0. The number of hydrogen-bond acceptors (Lipinski definition) is 1. The molecule has 0 saturated heterocycles. The van der Waals surface area contributed by atoms with Crippen molar-refractivity contribution in [3.05, 3.63) is 0 Å². The molecule has 0 amide bonds. The summed E-state index contributed by atoms with van der Waals surface area (Å²) in [6.45, 7) is 3.63. The Morgan fingerprint density at radius 3 is 2.56 bits per heavy atom. The first-order chi connectivity index (χ1) is 7.90. The quantitative estimate of drug-likeness (QED) is 0.668. The van der Waals surface area contributed by atoms with Gasteiger partial charge in [-0.05, 0) is 44.1 Å². The first-order valence-electron chi connectivity index (χ1n) is 7.63. The van der Waals surface area contributed by atoms with Crippen LogP contribution in [-0.2, 0) is 0 Å². The van der Waals surface area contributed by atoms with E-state index in [9.17, 15) is 0 Å². The Hall–Kier alpha value is -0.0400. The Labute approximate surface area is 101 Å². The van der Waals surface area contributed by atoms with Gasteiger partial charge < -0.3 is 5.32 Å². The van der Waals surface area contributed by atoms with Gasteiger partial charge in [0.05, 0.1) is 0 Å². The topological polar surface area (TPSA) is 12.0 Å². The molecule has 0 aromatic carbocycles. The van der Waals surface area contributed by atoms with Gasteiger partial charge in [-0.25, -0.2) is 0 Å². The van der Waals surface area contributed by atoms with Gasteiger partial charge in [-0.15, -0.1) is 0 Å². The van der Waals surface area contributed by atoms with Crippen LogP contribution in [0.2, 0.25) is 0 Å². The maximum atomic E-state index is 3.81. The highest BCUT2D eigenvalue weighted by Gasteiger charge is 2.24. The molecule has 16 heavy (non-hydrogen) atoms. The van der Waals surface area contributed by atoms with Crippen LogP contribution >= 0.6 is 0 Å². The second kappa shape index (κ2) is 6.64. The molecule has 2 unspecified atom stereocenters. The average Bonchev–Trinajstić information content (AvgIpc) is 2.95. The van der Waals surface area contributed by atoms with Gasteiger partial charge in [0, 0.05) is 6.04 Å². The summed E-state index contributed by atoms with van der Waals surface area (Å²) in [5.74, 6) is 2.05. The Kier molecular flexibility index (Phi) is 5.15. The van der Waals surface area contributed by atoms with E-state index in [1.54, 1.807) is 0 Å². The van der Waals surface area contributed by atoms with E-state index in [1.807, 2.05) is 0 Å². The fourth-order valence-corrected chi connectivity index (χ4v) is 3.77. The predicted molar refractivity (Wildman–Crippen MR) is 70.6 cm³/mol. The normalized spacial score (nSPS) is 31.3. The van der Waals surface area contributed by atoms with Crippen LogP contribution in [0.15, 0.2) is 0 Å². The lowest BCUT2D eigenvalue weighted by atomic mass is 9.99. The van der Waals surface area contributed by atoms with Crippen molar-refractivity contribution in [2.24, 2.45) is 11.8 Å². The van der Waals surface area contributed by atoms with Gasteiger partial charge in [0.2, 0.25) is 0 Å². The highest BCUT2D eigenvalue weighted by molar-refractivity contribution is 4.82. The van der Waals surface area contributed by atoms with Crippen molar-refractivity contribution in [1.82, 2.24) is 5.32 Å². The number of nitrogens with one attached hydrogen (secondary N) is 1. The fourth-order valence-electron chi connectivity index (χ4n) is 3.77. The maximum absolute atomic E-state index is 3.81. The van der Waals surface area contributed by atoms with Crippen LogP contribution < -0.4 is 5.32 Å². The van der Waals surface area contributed by atoms with E-state index in [0.29, 0.717) is 0 Å². The minimum absolute atomic E-state index is 0.855. The molecule has 0 spiro atoms. The fraction of sp³-hybridized carbons (Fsp3) is 1.00. The predicted octanol–water partition coefficient (Wildman–Crippen LogP) is 4.13. The highest BCUT2D eigenvalue weighted by atomic mass is 14.9. The third-order valence-corrected chi connectivity index (χ3v) is 4.85.